The van der Waals surface area contributed by atoms with E-state index in [4.69, 9.17) is 0 Å². The Morgan fingerprint density at radius 1 is 1.33 bits per heavy atom. The van der Waals surface area contributed by atoms with Crippen LogP contribution in [0.3, 0.4) is 0 Å². The van der Waals surface area contributed by atoms with E-state index in [-0.39, 0.29) is 31.0 Å². The van der Waals surface area contributed by atoms with Crippen LogP contribution in [0.25, 0.3) is 0 Å². The van der Waals surface area contributed by atoms with Crippen molar-refractivity contribution in [2.24, 2.45) is 0 Å². The fourth-order valence-electron chi connectivity index (χ4n) is 2.56. The molecule has 0 saturated carbocycles. The van der Waals surface area contributed by atoms with Crippen LogP contribution in [0.15, 0.2) is 18.2 Å². The third-order valence-electron chi connectivity index (χ3n) is 3.89. The average molecular weight is 319 g/mol. The van der Waals surface area contributed by atoms with Crippen molar-refractivity contribution in [3.8, 4) is 0 Å². The molecule has 1 fully saturated rings. The van der Waals surface area contributed by atoms with Crippen molar-refractivity contribution in [1.29, 1.82) is 0 Å². The largest absolute Gasteiger partial charge is 0.387 e. The Morgan fingerprint density at radius 3 is 2.43 bits per heavy atom. The molecule has 0 amide bonds. The van der Waals surface area contributed by atoms with Gasteiger partial charge in [-0.15, -0.1) is 0 Å². The first-order valence-corrected chi connectivity index (χ1v) is 8.36. The first-order chi connectivity index (χ1) is 9.64. The van der Waals surface area contributed by atoms with Gasteiger partial charge in [0.25, 0.3) is 0 Å². The molecule has 0 aromatic heterocycles. The molecular weight excluding hydrogens is 300 g/mol. The van der Waals surface area contributed by atoms with E-state index in [2.05, 4.69) is 0 Å². The highest BCUT2D eigenvalue weighted by Gasteiger charge is 2.40. The number of hydrogen-bond donors (Lipinski definition) is 1. The molecule has 1 heterocycles. The van der Waals surface area contributed by atoms with Crippen LogP contribution >= 0.6 is 0 Å². The quantitative estimate of drug-likeness (QED) is 0.917. The lowest BCUT2D eigenvalue weighted by molar-refractivity contribution is 0.102. The third kappa shape index (κ3) is 3.25. The van der Waals surface area contributed by atoms with Gasteiger partial charge in [-0.05, 0) is 26.0 Å². The van der Waals surface area contributed by atoms with E-state index in [1.165, 1.54) is 6.07 Å². The highest BCUT2D eigenvalue weighted by Crippen LogP contribution is 2.27. The Labute approximate surface area is 123 Å². The number of hydrogen-bond acceptors (Lipinski definition) is 4. The molecule has 7 heteroatoms. The molecule has 4 nitrogen and oxygen atoms in total. The lowest BCUT2D eigenvalue weighted by Gasteiger charge is -2.38. The maximum absolute atomic E-state index is 13.6. The van der Waals surface area contributed by atoms with Gasteiger partial charge in [-0.2, -0.15) is 0 Å². The molecular formula is C14H19F2NO3S. The summed E-state index contributed by atoms with van der Waals surface area (Å²) in [4.78, 5) is 1.72. The van der Waals surface area contributed by atoms with Gasteiger partial charge in [0.2, 0.25) is 0 Å². The van der Waals surface area contributed by atoms with Crippen molar-refractivity contribution in [1.82, 2.24) is 4.90 Å². The van der Waals surface area contributed by atoms with Gasteiger partial charge in [0.05, 0.1) is 22.2 Å². The average Bonchev–Trinajstić information content (AvgIpc) is 2.33. The topological polar surface area (TPSA) is 57.6 Å². The number of β-amino-alcohol motifs (C(OH)–C–C–N with tert-alkyl or cyclic N) is 1. The van der Waals surface area contributed by atoms with Crippen molar-refractivity contribution < 1.29 is 22.3 Å². The summed E-state index contributed by atoms with van der Waals surface area (Å²) in [7, 11) is -3.18. The van der Waals surface area contributed by atoms with E-state index in [0.717, 1.165) is 12.1 Å². The highest BCUT2D eigenvalue weighted by atomic mass is 32.2. The monoisotopic (exact) mass is 319 g/mol. The Morgan fingerprint density at radius 2 is 1.90 bits per heavy atom. The SMILES string of the molecule is CC1(C)CN(CC(O)c2c(F)cccc2F)CCS1(=O)=O. The molecule has 0 aliphatic carbocycles. The molecule has 1 aromatic carbocycles. The van der Waals surface area contributed by atoms with Gasteiger partial charge in [-0.3, -0.25) is 4.90 Å². The second-order valence-corrected chi connectivity index (χ2v) is 8.71. The van der Waals surface area contributed by atoms with Crippen LogP contribution in [0.1, 0.15) is 25.5 Å². The molecule has 1 N–H and O–H groups in total. The summed E-state index contributed by atoms with van der Waals surface area (Å²) in [6.45, 7) is 3.70. The Balaban J connectivity index is 2.13. The smallest absolute Gasteiger partial charge is 0.157 e. The molecule has 1 saturated heterocycles. The molecule has 0 radical (unpaired) electrons. The van der Waals surface area contributed by atoms with Crippen LogP contribution in [0.5, 0.6) is 0 Å². The van der Waals surface area contributed by atoms with E-state index in [9.17, 15) is 22.3 Å². The zero-order chi connectivity index (χ0) is 15.8. The van der Waals surface area contributed by atoms with E-state index in [1.807, 2.05) is 0 Å². The van der Waals surface area contributed by atoms with Crippen molar-refractivity contribution in [3.05, 3.63) is 35.4 Å². The molecule has 1 aromatic rings. The third-order valence-corrected chi connectivity index (χ3v) is 6.42. The molecule has 118 valence electrons. The number of benzene rings is 1. The molecule has 2 rings (SSSR count). The van der Waals surface area contributed by atoms with Crippen LogP contribution in [-0.4, -0.2) is 48.6 Å². The number of rotatable bonds is 3. The summed E-state index contributed by atoms with van der Waals surface area (Å²) in [5, 5.41) is 10.1. The summed E-state index contributed by atoms with van der Waals surface area (Å²) in [5.41, 5.74) is -0.372. The number of sulfone groups is 1. The molecule has 1 aliphatic heterocycles. The standard InChI is InChI=1S/C14H19F2NO3S/c1-14(2)9-17(6-7-21(14,19)20)8-12(18)13-10(15)4-3-5-11(13)16/h3-5,12,18H,6-9H2,1-2H3. The van der Waals surface area contributed by atoms with Crippen LogP contribution < -0.4 is 0 Å². The summed E-state index contributed by atoms with van der Waals surface area (Å²) < 4.78 is 50.1. The lowest BCUT2D eigenvalue weighted by atomic mass is 10.1. The van der Waals surface area contributed by atoms with Gasteiger partial charge in [0, 0.05) is 19.6 Å². The first kappa shape index (κ1) is 16.3. The number of aliphatic hydroxyl groups excluding tert-OH is 1. The Bertz CT molecular complexity index is 611. The number of halogens is 2. The zero-order valence-corrected chi connectivity index (χ0v) is 12.8. The van der Waals surface area contributed by atoms with Gasteiger partial charge < -0.3 is 5.11 Å². The molecule has 1 aliphatic rings. The van der Waals surface area contributed by atoms with Gasteiger partial charge in [-0.25, -0.2) is 17.2 Å². The highest BCUT2D eigenvalue weighted by molar-refractivity contribution is 7.92. The lowest BCUT2D eigenvalue weighted by Crippen LogP contribution is -2.53. The first-order valence-electron chi connectivity index (χ1n) is 6.71. The van der Waals surface area contributed by atoms with Crippen LogP contribution in [0.2, 0.25) is 0 Å². The van der Waals surface area contributed by atoms with Gasteiger partial charge in [0.1, 0.15) is 11.6 Å². The minimum Gasteiger partial charge on any atom is -0.387 e. The molecule has 0 bridgehead atoms. The predicted molar refractivity (Wildman–Crippen MR) is 75.6 cm³/mol. The molecule has 21 heavy (non-hydrogen) atoms. The fourth-order valence-corrected chi connectivity index (χ4v) is 3.99. The minimum atomic E-state index is -3.18. The second kappa shape index (κ2) is 5.62. The number of aliphatic hydroxyl groups is 1. The van der Waals surface area contributed by atoms with E-state index < -0.39 is 32.3 Å². The zero-order valence-electron chi connectivity index (χ0n) is 12.0. The van der Waals surface area contributed by atoms with Crippen molar-refractivity contribution in [3.63, 3.8) is 0 Å². The van der Waals surface area contributed by atoms with Crippen molar-refractivity contribution in [2.45, 2.75) is 24.7 Å². The molecule has 1 atom stereocenters. The fraction of sp³-hybridized carbons (Fsp3) is 0.571. The summed E-state index contributed by atoms with van der Waals surface area (Å²) in [6, 6.07) is 3.41. The van der Waals surface area contributed by atoms with Crippen molar-refractivity contribution in [2.75, 3.05) is 25.4 Å². The molecule has 1 unspecified atom stereocenters. The predicted octanol–water partition coefficient (Wildman–Crippen LogP) is 1.51. The Kier molecular flexibility index (Phi) is 4.37. The van der Waals surface area contributed by atoms with Crippen LogP contribution in [0, 0.1) is 11.6 Å². The second-order valence-electron chi connectivity index (χ2n) is 5.96. The van der Waals surface area contributed by atoms with E-state index in [0.29, 0.717) is 0 Å². The normalized spacial score (nSPS) is 22.9. The van der Waals surface area contributed by atoms with Crippen molar-refractivity contribution >= 4 is 9.84 Å². The van der Waals surface area contributed by atoms with E-state index in [1.54, 1.807) is 18.7 Å². The van der Waals surface area contributed by atoms with Crippen LogP contribution in [-0.2, 0) is 9.84 Å². The van der Waals surface area contributed by atoms with Gasteiger partial charge in [-0.1, -0.05) is 6.07 Å². The van der Waals surface area contributed by atoms with E-state index >= 15 is 0 Å². The van der Waals surface area contributed by atoms with Crippen LogP contribution in [0.4, 0.5) is 8.78 Å². The summed E-state index contributed by atoms with van der Waals surface area (Å²) >= 11 is 0. The summed E-state index contributed by atoms with van der Waals surface area (Å²) in [6.07, 6.45) is -1.33. The minimum absolute atomic E-state index is 0.00317. The maximum Gasteiger partial charge on any atom is 0.157 e. The Hall–Kier alpha value is -1.05. The maximum atomic E-state index is 13.6. The number of nitrogens with zero attached hydrogens (tertiary/aromatic N) is 1. The molecule has 0 spiro atoms. The van der Waals surface area contributed by atoms with Gasteiger partial charge in [0.15, 0.2) is 9.84 Å². The van der Waals surface area contributed by atoms with Gasteiger partial charge >= 0.3 is 0 Å². The summed E-state index contributed by atoms with van der Waals surface area (Å²) in [5.74, 6) is -1.62.